The zero-order valence-electron chi connectivity index (χ0n) is 10.3. The van der Waals surface area contributed by atoms with Gasteiger partial charge in [0.05, 0.1) is 11.8 Å². The molecular weight excluding hydrogens is 262 g/mol. The van der Waals surface area contributed by atoms with Crippen LogP contribution in [-0.4, -0.2) is 37.6 Å². The molecule has 2 unspecified atom stereocenters. The molecule has 1 aliphatic rings. The zero-order valence-corrected chi connectivity index (χ0v) is 10.3. The Morgan fingerprint density at radius 1 is 1.25 bits per heavy atom. The smallest absolute Gasteiger partial charge is 0.307 e. The molecule has 102 valence electrons. The predicted molar refractivity (Wildman–Crippen MR) is 67.5 cm³/mol. The van der Waals surface area contributed by atoms with Crippen LogP contribution in [0.4, 0.5) is 5.69 Å². The summed E-state index contributed by atoms with van der Waals surface area (Å²) < 4.78 is 0. The fraction of sp³-hybridized carbons (Fsp3) is 0.250. The monoisotopic (exact) mass is 273 g/mol. The molecule has 0 spiro atoms. The van der Waals surface area contributed by atoms with E-state index < -0.39 is 17.8 Å². The van der Waals surface area contributed by atoms with Gasteiger partial charge in [0, 0.05) is 11.3 Å². The van der Waals surface area contributed by atoms with Crippen LogP contribution in [0.1, 0.15) is 6.42 Å². The van der Waals surface area contributed by atoms with E-state index >= 15 is 0 Å². The first-order valence-electron chi connectivity index (χ1n) is 6.02. The number of benzene rings is 1. The summed E-state index contributed by atoms with van der Waals surface area (Å²) in [4.78, 5) is 22.5. The molecule has 20 heavy (non-hydrogen) atoms. The van der Waals surface area contributed by atoms with E-state index in [1.807, 2.05) is 0 Å². The maximum atomic E-state index is 11.8. The standard InChI is InChI=1S/C12H11N5O3/c18-11(8-5-9(8)12(19)20)13-7-3-1-6(2-4-7)10-14-16-17-15-10/h1-4,8-9H,5H2,(H,13,18)(H,19,20)(H,14,15,16,17). The third-order valence-electron chi connectivity index (χ3n) is 3.20. The highest BCUT2D eigenvalue weighted by molar-refractivity contribution is 5.98. The van der Waals surface area contributed by atoms with Crippen LogP contribution in [0.3, 0.4) is 0 Å². The van der Waals surface area contributed by atoms with Crippen molar-refractivity contribution in [1.29, 1.82) is 0 Å². The number of H-pyrrole nitrogens is 1. The average Bonchev–Trinajstić information content (AvgIpc) is 3.07. The van der Waals surface area contributed by atoms with Crippen molar-refractivity contribution in [1.82, 2.24) is 20.6 Å². The topological polar surface area (TPSA) is 121 Å². The highest BCUT2D eigenvalue weighted by Gasteiger charge is 2.48. The second-order valence-corrected chi connectivity index (χ2v) is 4.59. The van der Waals surface area contributed by atoms with Crippen LogP contribution in [0.2, 0.25) is 0 Å². The minimum absolute atomic E-state index is 0.260. The van der Waals surface area contributed by atoms with Crippen molar-refractivity contribution in [3.05, 3.63) is 24.3 Å². The largest absolute Gasteiger partial charge is 0.481 e. The van der Waals surface area contributed by atoms with E-state index in [1.165, 1.54) is 0 Å². The van der Waals surface area contributed by atoms with Gasteiger partial charge in [0.1, 0.15) is 0 Å². The number of amides is 1. The minimum Gasteiger partial charge on any atom is -0.481 e. The summed E-state index contributed by atoms with van der Waals surface area (Å²) in [5, 5.41) is 25.0. The molecule has 0 bridgehead atoms. The number of aromatic amines is 1. The van der Waals surface area contributed by atoms with E-state index in [4.69, 9.17) is 5.11 Å². The van der Waals surface area contributed by atoms with Crippen LogP contribution in [0.5, 0.6) is 0 Å². The summed E-state index contributed by atoms with van der Waals surface area (Å²) in [5.74, 6) is -1.68. The van der Waals surface area contributed by atoms with Gasteiger partial charge in [0.2, 0.25) is 11.7 Å². The lowest BCUT2D eigenvalue weighted by Crippen LogP contribution is -2.16. The van der Waals surface area contributed by atoms with Crippen molar-refractivity contribution in [2.45, 2.75) is 6.42 Å². The molecule has 3 rings (SSSR count). The van der Waals surface area contributed by atoms with E-state index in [2.05, 4.69) is 25.9 Å². The van der Waals surface area contributed by atoms with Crippen molar-refractivity contribution >= 4 is 17.6 Å². The molecule has 2 aromatic rings. The molecule has 3 N–H and O–H groups in total. The number of aliphatic carboxylic acids is 1. The molecule has 2 atom stereocenters. The van der Waals surface area contributed by atoms with E-state index in [9.17, 15) is 9.59 Å². The number of carboxylic acids is 1. The van der Waals surface area contributed by atoms with E-state index in [0.717, 1.165) is 5.56 Å². The first-order valence-corrected chi connectivity index (χ1v) is 6.02. The maximum Gasteiger partial charge on any atom is 0.307 e. The highest BCUT2D eigenvalue weighted by atomic mass is 16.4. The number of anilines is 1. The lowest BCUT2D eigenvalue weighted by molar-refractivity contribution is -0.139. The highest BCUT2D eigenvalue weighted by Crippen LogP contribution is 2.39. The summed E-state index contributed by atoms with van der Waals surface area (Å²) in [6, 6.07) is 6.92. The molecule has 1 fully saturated rings. The number of aromatic nitrogens is 4. The molecule has 0 aliphatic heterocycles. The second kappa shape index (κ2) is 4.72. The molecule has 8 heteroatoms. The lowest BCUT2D eigenvalue weighted by atomic mass is 10.2. The number of carboxylic acid groups (broad SMARTS) is 1. The molecular formula is C12H11N5O3. The molecule has 1 saturated carbocycles. The van der Waals surface area contributed by atoms with Gasteiger partial charge in [-0.2, -0.15) is 5.21 Å². The Hall–Kier alpha value is -2.77. The van der Waals surface area contributed by atoms with Gasteiger partial charge in [0.25, 0.3) is 0 Å². The van der Waals surface area contributed by atoms with Gasteiger partial charge in [-0.25, -0.2) is 0 Å². The van der Waals surface area contributed by atoms with Crippen LogP contribution in [0.15, 0.2) is 24.3 Å². The number of carbonyl (C=O) groups is 2. The Labute approximate surface area is 113 Å². The van der Waals surface area contributed by atoms with Gasteiger partial charge in [0.15, 0.2) is 0 Å². The molecule has 1 amide bonds. The maximum absolute atomic E-state index is 11.8. The summed E-state index contributed by atoms with van der Waals surface area (Å²) in [6.07, 6.45) is 0.405. The summed E-state index contributed by atoms with van der Waals surface area (Å²) in [6.45, 7) is 0. The zero-order chi connectivity index (χ0) is 14.1. The average molecular weight is 273 g/mol. The molecule has 1 aromatic carbocycles. The number of rotatable bonds is 4. The predicted octanol–water partition coefficient (Wildman–Crippen LogP) is 0.526. The molecule has 1 aliphatic carbocycles. The van der Waals surface area contributed by atoms with Crippen molar-refractivity contribution < 1.29 is 14.7 Å². The number of nitrogens with zero attached hydrogens (tertiary/aromatic N) is 3. The SMILES string of the molecule is O=C(O)C1CC1C(=O)Nc1ccc(-c2nn[nH]n2)cc1. The number of tetrazole rings is 1. The van der Waals surface area contributed by atoms with E-state index in [-0.39, 0.29) is 5.91 Å². The van der Waals surface area contributed by atoms with Crippen molar-refractivity contribution in [2.75, 3.05) is 5.32 Å². The molecule has 1 aromatic heterocycles. The van der Waals surface area contributed by atoms with Crippen LogP contribution in [-0.2, 0) is 9.59 Å². The first kappa shape index (κ1) is 12.3. The van der Waals surface area contributed by atoms with Crippen molar-refractivity contribution in [2.24, 2.45) is 11.8 Å². The third kappa shape index (κ3) is 2.35. The molecule has 0 radical (unpaired) electrons. The van der Waals surface area contributed by atoms with Gasteiger partial charge in [-0.3, -0.25) is 9.59 Å². The Bertz CT molecular complexity index is 638. The number of hydrogen-bond acceptors (Lipinski definition) is 5. The Balaban J connectivity index is 1.64. The van der Waals surface area contributed by atoms with E-state index in [1.54, 1.807) is 24.3 Å². The Morgan fingerprint density at radius 3 is 2.55 bits per heavy atom. The Morgan fingerprint density at radius 2 is 2.00 bits per heavy atom. The van der Waals surface area contributed by atoms with Crippen molar-refractivity contribution in [3.63, 3.8) is 0 Å². The quantitative estimate of drug-likeness (QED) is 0.747. The first-order chi connectivity index (χ1) is 9.65. The number of nitrogens with one attached hydrogen (secondary N) is 2. The van der Waals surface area contributed by atoms with Gasteiger partial charge in [-0.1, -0.05) is 0 Å². The normalized spacial score (nSPS) is 20.4. The lowest BCUT2D eigenvalue weighted by Gasteiger charge is -2.04. The number of carbonyl (C=O) groups excluding carboxylic acids is 1. The van der Waals surface area contributed by atoms with E-state index in [0.29, 0.717) is 17.9 Å². The fourth-order valence-electron chi connectivity index (χ4n) is 1.98. The molecule has 0 saturated heterocycles. The van der Waals surface area contributed by atoms with Gasteiger partial charge < -0.3 is 10.4 Å². The summed E-state index contributed by atoms with van der Waals surface area (Å²) >= 11 is 0. The van der Waals surface area contributed by atoms with Crippen LogP contribution in [0.25, 0.3) is 11.4 Å². The summed E-state index contributed by atoms with van der Waals surface area (Å²) in [7, 11) is 0. The Kier molecular flexibility index (Phi) is 2.90. The minimum atomic E-state index is -0.919. The van der Waals surface area contributed by atoms with Crippen LogP contribution < -0.4 is 5.32 Å². The number of hydrogen-bond donors (Lipinski definition) is 3. The van der Waals surface area contributed by atoms with Gasteiger partial charge in [-0.15, -0.1) is 10.2 Å². The summed E-state index contributed by atoms with van der Waals surface area (Å²) in [5.41, 5.74) is 1.38. The van der Waals surface area contributed by atoms with Gasteiger partial charge >= 0.3 is 5.97 Å². The molecule has 1 heterocycles. The third-order valence-corrected chi connectivity index (χ3v) is 3.20. The van der Waals surface area contributed by atoms with Crippen LogP contribution in [0, 0.1) is 11.8 Å². The van der Waals surface area contributed by atoms with Gasteiger partial charge in [-0.05, 0) is 35.9 Å². The fourth-order valence-corrected chi connectivity index (χ4v) is 1.98. The molecule has 8 nitrogen and oxygen atoms in total. The van der Waals surface area contributed by atoms with Crippen LogP contribution >= 0.6 is 0 Å². The van der Waals surface area contributed by atoms with Crippen molar-refractivity contribution in [3.8, 4) is 11.4 Å². The second-order valence-electron chi connectivity index (χ2n) is 4.59.